The number of rotatable bonds is 10. The summed E-state index contributed by atoms with van der Waals surface area (Å²) in [4.78, 5) is 64.2. The third-order valence-electron chi connectivity index (χ3n) is 6.81. The zero-order valence-corrected chi connectivity index (χ0v) is 25.9. The Balaban J connectivity index is 1.17. The third-order valence-corrected chi connectivity index (χ3v) is 9.16. The molecule has 2 N–H and O–H groups in total. The molecule has 2 heterocycles. The Bertz CT molecular complexity index is 1480. The number of hydrogen-bond acceptors (Lipinski definition) is 8. The molecule has 0 spiro atoms. The number of nitrogens with zero attached hydrogens (tertiary/aromatic N) is 4. The molecule has 0 aromatic heterocycles. The smallest absolute Gasteiger partial charge is 0.242 e. The number of carbonyl (C=O) groups excluding carboxylic acids is 4. The van der Waals surface area contributed by atoms with Crippen LogP contribution in [0, 0.1) is 0 Å². The molecule has 2 aliphatic rings. The van der Waals surface area contributed by atoms with Crippen molar-refractivity contribution in [2.24, 2.45) is 9.98 Å². The van der Waals surface area contributed by atoms with Crippen LogP contribution in [0.15, 0.2) is 94.9 Å². The van der Waals surface area contributed by atoms with E-state index in [1.807, 2.05) is 74.5 Å². The maximum absolute atomic E-state index is 13.0. The molecule has 44 heavy (non-hydrogen) atoms. The lowest BCUT2D eigenvalue weighted by atomic mass is 10.2. The molecule has 3 aromatic carbocycles. The molecule has 0 unspecified atom stereocenters. The molecular formula is C32H32N6O4S2. The van der Waals surface area contributed by atoms with E-state index in [0.717, 1.165) is 11.4 Å². The molecule has 2 atom stereocenters. The normalized spacial score (nSPS) is 20.0. The highest BCUT2D eigenvalue weighted by molar-refractivity contribution is 8.15. The molecule has 3 aromatic rings. The Hall–Kier alpha value is -4.42. The predicted octanol–water partition coefficient (Wildman–Crippen LogP) is 5.65. The van der Waals surface area contributed by atoms with Gasteiger partial charge in [0.05, 0.1) is 11.4 Å². The number of amidine groups is 2. The van der Waals surface area contributed by atoms with E-state index in [9.17, 15) is 19.2 Å². The Morgan fingerprint density at radius 3 is 1.45 bits per heavy atom. The second-order valence-corrected chi connectivity index (χ2v) is 12.3. The monoisotopic (exact) mass is 628 g/mol. The topological polar surface area (TPSA) is 124 Å². The van der Waals surface area contributed by atoms with Gasteiger partial charge in [-0.2, -0.15) is 0 Å². The summed E-state index contributed by atoms with van der Waals surface area (Å²) in [6.45, 7) is 4.67. The van der Waals surface area contributed by atoms with Gasteiger partial charge < -0.3 is 10.6 Å². The van der Waals surface area contributed by atoms with Gasteiger partial charge in [0, 0.05) is 37.3 Å². The van der Waals surface area contributed by atoms with Gasteiger partial charge in [-0.1, -0.05) is 66.0 Å². The van der Waals surface area contributed by atoms with Gasteiger partial charge in [0.15, 0.2) is 10.3 Å². The van der Waals surface area contributed by atoms with E-state index >= 15 is 0 Å². The van der Waals surface area contributed by atoms with Gasteiger partial charge >= 0.3 is 0 Å². The summed E-state index contributed by atoms with van der Waals surface area (Å²) in [6.07, 6.45) is -0.0432. The lowest BCUT2D eigenvalue weighted by Gasteiger charge is -2.14. The lowest BCUT2D eigenvalue weighted by molar-refractivity contribution is -0.128. The summed E-state index contributed by atoms with van der Waals surface area (Å²) in [5.41, 5.74) is 2.44. The molecule has 0 saturated carbocycles. The van der Waals surface area contributed by atoms with Crippen LogP contribution in [-0.2, 0) is 19.2 Å². The Morgan fingerprint density at radius 2 is 1.07 bits per heavy atom. The van der Waals surface area contributed by atoms with Crippen LogP contribution in [0.4, 0.5) is 22.7 Å². The molecule has 4 amide bonds. The van der Waals surface area contributed by atoms with Crippen molar-refractivity contribution >= 4 is 80.2 Å². The van der Waals surface area contributed by atoms with Gasteiger partial charge in [0.2, 0.25) is 23.6 Å². The highest BCUT2D eigenvalue weighted by atomic mass is 32.2. The first-order valence-electron chi connectivity index (χ1n) is 14.3. The molecule has 0 radical (unpaired) electrons. The van der Waals surface area contributed by atoms with Gasteiger partial charge in [0.1, 0.15) is 10.5 Å². The van der Waals surface area contributed by atoms with Crippen LogP contribution in [0.1, 0.15) is 26.7 Å². The summed E-state index contributed by atoms with van der Waals surface area (Å²) >= 11 is 2.56. The van der Waals surface area contributed by atoms with Crippen LogP contribution >= 0.6 is 23.5 Å². The van der Waals surface area contributed by atoms with Crippen LogP contribution in [-0.4, -0.2) is 67.4 Å². The number of anilines is 2. The maximum atomic E-state index is 13.0. The molecule has 0 aliphatic carbocycles. The van der Waals surface area contributed by atoms with E-state index < -0.39 is 10.5 Å². The number of benzene rings is 3. The van der Waals surface area contributed by atoms with E-state index in [4.69, 9.17) is 0 Å². The Kier molecular flexibility index (Phi) is 10.1. The van der Waals surface area contributed by atoms with E-state index in [0.29, 0.717) is 34.8 Å². The number of hydrogen-bond donors (Lipinski definition) is 2. The molecular weight excluding hydrogens is 597 g/mol. The fraction of sp³-hybridized carbons (Fsp3) is 0.250. The second-order valence-electron chi connectivity index (χ2n) is 9.92. The van der Waals surface area contributed by atoms with Crippen molar-refractivity contribution < 1.29 is 19.2 Å². The first-order chi connectivity index (χ1) is 21.3. The zero-order chi connectivity index (χ0) is 31.1. The van der Waals surface area contributed by atoms with Crippen molar-refractivity contribution in [1.29, 1.82) is 0 Å². The van der Waals surface area contributed by atoms with Crippen molar-refractivity contribution in [3.05, 3.63) is 84.9 Å². The standard InChI is InChI=1S/C32H32N6O4S2/c1-3-37-29(41)25(43-31(37)35-21-12-7-5-8-13-21)19-27(39)33-23-16-11-17-24(18-23)34-28(40)20-26-30(42)38(4-2)32(44-26)36-22-14-9-6-10-15-22/h5-18,25-26H,3-4,19-20H2,1-2H3,(H,33,39)(H,34,40)/t25-,26+. The molecule has 5 rings (SSSR count). The van der Waals surface area contributed by atoms with Gasteiger partial charge in [0.25, 0.3) is 0 Å². The van der Waals surface area contributed by atoms with Crippen LogP contribution in [0.25, 0.3) is 0 Å². The predicted molar refractivity (Wildman–Crippen MR) is 178 cm³/mol. The van der Waals surface area contributed by atoms with Crippen molar-refractivity contribution in [3.8, 4) is 0 Å². The van der Waals surface area contributed by atoms with Crippen molar-refractivity contribution in [3.63, 3.8) is 0 Å². The Labute approximate surface area is 264 Å². The maximum Gasteiger partial charge on any atom is 0.242 e. The highest BCUT2D eigenvalue weighted by Crippen LogP contribution is 2.33. The quantitative estimate of drug-likeness (QED) is 0.299. The molecule has 0 bridgehead atoms. The minimum absolute atomic E-state index is 0.0216. The van der Waals surface area contributed by atoms with E-state index in [1.54, 1.807) is 34.1 Å². The molecule has 2 aliphatic heterocycles. The SMILES string of the molecule is CCN1C(=O)[C@H](CC(=O)Nc2cccc(NC(=O)C[C@H]3SC(=Nc4ccccc4)N(CC)C3=O)c2)SC1=Nc1ccccc1. The van der Waals surface area contributed by atoms with Crippen LogP contribution < -0.4 is 10.6 Å². The highest BCUT2D eigenvalue weighted by Gasteiger charge is 2.39. The van der Waals surface area contributed by atoms with Crippen molar-refractivity contribution in [2.75, 3.05) is 23.7 Å². The van der Waals surface area contributed by atoms with Gasteiger partial charge in [-0.25, -0.2) is 9.98 Å². The van der Waals surface area contributed by atoms with Gasteiger partial charge in [-0.3, -0.25) is 29.0 Å². The summed E-state index contributed by atoms with van der Waals surface area (Å²) in [5, 5.41) is 5.64. The van der Waals surface area contributed by atoms with E-state index in [2.05, 4.69) is 20.6 Å². The summed E-state index contributed by atoms with van der Waals surface area (Å²) < 4.78 is 0. The molecule has 2 fully saturated rings. The number of aliphatic imine (C=N–C) groups is 2. The van der Waals surface area contributed by atoms with Gasteiger partial charge in [-0.15, -0.1) is 0 Å². The largest absolute Gasteiger partial charge is 0.326 e. The number of thioether (sulfide) groups is 2. The minimum atomic E-state index is -0.584. The fourth-order valence-electron chi connectivity index (χ4n) is 4.69. The Morgan fingerprint density at radius 1 is 0.659 bits per heavy atom. The van der Waals surface area contributed by atoms with Crippen LogP contribution in [0.2, 0.25) is 0 Å². The number of nitrogens with one attached hydrogen (secondary N) is 2. The fourth-order valence-corrected chi connectivity index (χ4v) is 7.14. The lowest BCUT2D eigenvalue weighted by Crippen LogP contribution is -2.33. The number of para-hydroxylation sites is 2. The average molecular weight is 629 g/mol. The second kappa shape index (κ2) is 14.4. The van der Waals surface area contributed by atoms with Crippen molar-refractivity contribution in [2.45, 2.75) is 37.2 Å². The third kappa shape index (κ3) is 7.56. The zero-order valence-electron chi connectivity index (χ0n) is 24.3. The minimum Gasteiger partial charge on any atom is -0.326 e. The number of carbonyl (C=O) groups is 4. The van der Waals surface area contributed by atoms with E-state index in [-0.39, 0.29) is 36.5 Å². The first kappa shape index (κ1) is 31.0. The summed E-state index contributed by atoms with van der Waals surface area (Å²) in [7, 11) is 0. The van der Waals surface area contributed by atoms with Crippen LogP contribution in [0.5, 0.6) is 0 Å². The van der Waals surface area contributed by atoms with Gasteiger partial charge in [-0.05, 0) is 56.3 Å². The molecule has 2 saturated heterocycles. The van der Waals surface area contributed by atoms with E-state index in [1.165, 1.54) is 23.5 Å². The van der Waals surface area contributed by atoms with Crippen molar-refractivity contribution in [1.82, 2.24) is 9.80 Å². The average Bonchev–Trinajstić information content (AvgIpc) is 3.47. The first-order valence-corrected chi connectivity index (χ1v) is 16.0. The summed E-state index contributed by atoms with van der Waals surface area (Å²) in [6, 6.07) is 25.5. The molecule has 10 nitrogen and oxygen atoms in total. The number of amides is 4. The molecule has 12 heteroatoms. The summed E-state index contributed by atoms with van der Waals surface area (Å²) in [5.74, 6) is -0.953. The molecule has 226 valence electrons. The van der Waals surface area contributed by atoms with Crippen LogP contribution in [0.3, 0.4) is 0 Å².